The first kappa shape index (κ1) is 22.6. The number of carbonyl (C=O) groups is 1. The molecule has 1 fully saturated rings. The monoisotopic (exact) mass is 474 g/mol. The van der Waals surface area contributed by atoms with Gasteiger partial charge in [0.05, 0.1) is 15.5 Å². The highest BCUT2D eigenvalue weighted by atomic mass is 32.2. The third kappa shape index (κ3) is 4.62. The lowest BCUT2D eigenvalue weighted by Crippen LogP contribution is -2.41. The van der Waals surface area contributed by atoms with Crippen molar-refractivity contribution in [2.24, 2.45) is 5.92 Å². The molecule has 170 valence electrons. The van der Waals surface area contributed by atoms with Gasteiger partial charge in [0, 0.05) is 30.3 Å². The van der Waals surface area contributed by atoms with E-state index in [1.165, 1.54) is 15.6 Å². The van der Waals surface area contributed by atoms with Crippen molar-refractivity contribution in [3.63, 3.8) is 0 Å². The zero-order valence-corrected chi connectivity index (χ0v) is 19.9. The van der Waals surface area contributed by atoms with Gasteiger partial charge in [-0.15, -0.1) is 11.3 Å². The summed E-state index contributed by atoms with van der Waals surface area (Å²) in [6, 6.07) is 8.71. The Bertz CT molecular complexity index is 1210. The Balaban J connectivity index is 1.38. The largest absolute Gasteiger partial charge is 0.339 e. The SMILES string of the molecule is CCc1nc(-c2cc(NC(=O)C3CCN(S(=O)(=O)c4ccc(C)cc4)CC3)c(C)s2)no1. The normalized spacial score (nSPS) is 15.7. The molecule has 4 rings (SSSR count). The van der Waals surface area contributed by atoms with Gasteiger partial charge in [-0.3, -0.25) is 4.79 Å². The third-order valence-corrected chi connectivity index (χ3v) is 8.61. The van der Waals surface area contributed by atoms with E-state index in [9.17, 15) is 13.2 Å². The molecule has 1 amide bonds. The van der Waals surface area contributed by atoms with Gasteiger partial charge >= 0.3 is 0 Å². The fraction of sp³-hybridized carbons (Fsp3) is 0.409. The number of aromatic nitrogens is 2. The van der Waals surface area contributed by atoms with Gasteiger partial charge in [0.1, 0.15) is 0 Å². The molecule has 1 aliphatic heterocycles. The van der Waals surface area contributed by atoms with Crippen LogP contribution in [-0.2, 0) is 21.2 Å². The van der Waals surface area contributed by atoms with Gasteiger partial charge in [0.25, 0.3) is 0 Å². The number of benzene rings is 1. The van der Waals surface area contributed by atoms with Crippen LogP contribution in [0.15, 0.2) is 39.8 Å². The van der Waals surface area contributed by atoms with Crippen molar-refractivity contribution in [2.75, 3.05) is 18.4 Å². The summed E-state index contributed by atoms with van der Waals surface area (Å²) in [7, 11) is -3.54. The maximum Gasteiger partial charge on any atom is 0.243 e. The van der Waals surface area contributed by atoms with Crippen LogP contribution in [0.25, 0.3) is 10.7 Å². The maximum absolute atomic E-state index is 12.9. The second-order valence-electron chi connectivity index (χ2n) is 7.93. The zero-order valence-electron chi connectivity index (χ0n) is 18.3. The minimum atomic E-state index is -3.54. The molecule has 0 unspecified atom stereocenters. The van der Waals surface area contributed by atoms with Crippen LogP contribution in [0.5, 0.6) is 0 Å². The van der Waals surface area contributed by atoms with Gasteiger partial charge in [-0.05, 0) is 44.9 Å². The summed E-state index contributed by atoms with van der Waals surface area (Å²) in [6.07, 6.45) is 1.63. The minimum absolute atomic E-state index is 0.0906. The Labute approximate surface area is 191 Å². The number of anilines is 1. The molecular formula is C22H26N4O4S2. The Morgan fingerprint density at radius 1 is 1.22 bits per heavy atom. The number of nitrogens with zero attached hydrogens (tertiary/aromatic N) is 3. The Kier molecular flexibility index (Phi) is 6.45. The Morgan fingerprint density at radius 3 is 2.53 bits per heavy atom. The van der Waals surface area contributed by atoms with Crippen molar-refractivity contribution in [1.82, 2.24) is 14.4 Å². The minimum Gasteiger partial charge on any atom is -0.339 e. The molecule has 1 N–H and O–H groups in total. The highest BCUT2D eigenvalue weighted by Gasteiger charge is 2.32. The van der Waals surface area contributed by atoms with E-state index in [4.69, 9.17) is 4.52 Å². The molecule has 0 atom stereocenters. The lowest BCUT2D eigenvalue weighted by atomic mass is 9.97. The van der Waals surface area contributed by atoms with Crippen molar-refractivity contribution in [3.8, 4) is 10.7 Å². The fourth-order valence-electron chi connectivity index (χ4n) is 3.67. The number of hydrogen-bond acceptors (Lipinski definition) is 7. The van der Waals surface area contributed by atoms with Crippen molar-refractivity contribution in [3.05, 3.63) is 46.7 Å². The highest BCUT2D eigenvalue weighted by molar-refractivity contribution is 7.89. The van der Waals surface area contributed by atoms with Gasteiger partial charge < -0.3 is 9.84 Å². The van der Waals surface area contributed by atoms with E-state index in [-0.39, 0.29) is 11.8 Å². The number of nitrogens with one attached hydrogen (secondary N) is 1. The van der Waals surface area contributed by atoms with Crippen LogP contribution in [0.2, 0.25) is 0 Å². The van der Waals surface area contributed by atoms with Crippen LogP contribution >= 0.6 is 11.3 Å². The van der Waals surface area contributed by atoms with Crippen molar-refractivity contribution >= 4 is 33.0 Å². The molecule has 0 saturated carbocycles. The van der Waals surface area contributed by atoms with E-state index in [0.29, 0.717) is 49.0 Å². The maximum atomic E-state index is 12.9. The summed E-state index contributed by atoms with van der Waals surface area (Å²) in [5, 5.41) is 6.99. The molecule has 8 nitrogen and oxygen atoms in total. The van der Waals surface area contributed by atoms with Crippen LogP contribution in [0.3, 0.4) is 0 Å². The average Bonchev–Trinajstić information content (AvgIpc) is 3.41. The number of rotatable bonds is 6. The van der Waals surface area contributed by atoms with E-state index >= 15 is 0 Å². The van der Waals surface area contributed by atoms with E-state index in [0.717, 1.165) is 21.0 Å². The average molecular weight is 475 g/mol. The Morgan fingerprint density at radius 2 is 1.91 bits per heavy atom. The first-order valence-electron chi connectivity index (χ1n) is 10.6. The molecule has 3 heterocycles. The molecule has 0 radical (unpaired) electrons. The van der Waals surface area contributed by atoms with Gasteiger partial charge in [0.2, 0.25) is 27.6 Å². The molecule has 0 spiro atoms. The van der Waals surface area contributed by atoms with Crippen molar-refractivity contribution in [1.29, 1.82) is 0 Å². The summed E-state index contributed by atoms with van der Waals surface area (Å²) >= 11 is 1.49. The predicted octanol–water partition coefficient (Wildman–Crippen LogP) is 4.02. The quantitative estimate of drug-likeness (QED) is 0.579. The second kappa shape index (κ2) is 9.13. The van der Waals surface area contributed by atoms with Crippen LogP contribution < -0.4 is 5.32 Å². The third-order valence-electron chi connectivity index (χ3n) is 5.65. The molecule has 1 aliphatic rings. The summed E-state index contributed by atoms with van der Waals surface area (Å²) in [5.74, 6) is 0.764. The number of piperidine rings is 1. The molecule has 10 heteroatoms. The first-order valence-corrected chi connectivity index (χ1v) is 12.8. The van der Waals surface area contributed by atoms with E-state index in [1.54, 1.807) is 24.3 Å². The van der Waals surface area contributed by atoms with Gasteiger partial charge in [-0.2, -0.15) is 9.29 Å². The summed E-state index contributed by atoms with van der Waals surface area (Å²) in [4.78, 5) is 19.3. The molecule has 1 aromatic carbocycles. The lowest BCUT2D eigenvalue weighted by Gasteiger charge is -2.30. The highest BCUT2D eigenvalue weighted by Crippen LogP contribution is 2.34. The Hall–Kier alpha value is -2.56. The first-order chi connectivity index (χ1) is 15.3. The standard InChI is InChI=1S/C22H26N4O4S2/c1-4-20-24-21(25-30-20)19-13-18(15(3)31-19)23-22(27)16-9-11-26(12-10-16)32(28,29)17-7-5-14(2)6-8-17/h5-8,13,16H,4,9-12H2,1-3H3,(H,23,27). The number of sulfonamides is 1. The van der Waals surface area contributed by atoms with Crippen LogP contribution in [0.4, 0.5) is 5.69 Å². The van der Waals surface area contributed by atoms with Crippen molar-refractivity contribution in [2.45, 2.75) is 44.9 Å². The molecule has 0 bridgehead atoms. The fourth-order valence-corrected chi connectivity index (χ4v) is 6.04. The van der Waals surface area contributed by atoms with Gasteiger partial charge in [-0.1, -0.05) is 29.8 Å². The van der Waals surface area contributed by atoms with Crippen LogP contribution in [-0.4, -0.2) is 41.9 Å². The summed E-state index contributed by atoms with van der Waals surface area (Å²) in [5.41, 5.74) is 1.74. The predicted molar refractivity (Wildman–Crippen MR) is 123 cm³/mol. The molecule has 1 saturated heterocycles. The summed E-state index contributed by atoms with van der Waals surface area (Å²) in [6.45, 7) is 6.44. The molecule has 0 aliphatic carbocycles. The van der Waals surface area contributed by atoms with Gasteiger partial charge in [0.15, 0.2) is 0 Å². The molecule has 3 aromatic rings. The lowest BCUT2D eigenvalue weighted by molar-refractivity contribution is -0.120. The van der Waals surface area contributed by atoms with Crippen molar-refractivity contribution < 1.29 is 17.7 Å². The molecule has 2 aromatic heterocycles. The zero-order chi connectivity index (χ0) is 22.9. The molecule has 32 heavy (non-hydrogen) atoms. The van der Waals surface area contributed by atoms with E-state index < -0.39 is 10.0 Å². The number of carbonyl (C=O) groups excluding carboxylic acids is 1. The second-order valence-corrected chi connectivity index (χ2v) is 11.1. The summed E-state index contributed by atoms with van der Waals surface area (Å²) < 4.78 is 32.4. The van der Waals surface area contributed by atoms with Crippen LogP contribution in [0.1, 0.15) is 36.1 Å². The number of hydrogen-bond donors (Lipinski definition) is 1. The van der Waals surface area contributed by atoms with Gasteiger partial charge in [-0.25, -0.2) is 8.42 Å². The number of thiophene rings is 1. The van der Waals surface area contributed by atoms with Crippen LogP contribution in [0, 0.1) is 19.8 Å². The number of aryl methyl sites for hydroxylation is 3. The smallest absolute Gasteiger partial charge is 0.243 e. The topological polar surface area (TPSA) is 105 Å². The van der Waals surface area contributed by atoms with E-state index in [1.807, 2.05) is 26.8 Å². The number of amides is 1. The van der Waals surface area contributed by atoms with E-state index in [2.05, 4.69) is 15.5 Å². The molecular weight excluding hydrogens is 448 g/mol.